The van der Waals surface area contributed by atoms with E-state index in [-0.39, 0.29) is 18.5 Å². The number of rotatable bonds is 9. The molecule has 1 aromatic rings. The Labute approximate surface area is 169 Å². The van der Waals surface area contributed by atoms with Gasteiger partial charge in [-0.2, -0.15) is 0 Å². The van der Waals surface area contributed by atoms with Gasteiger partial charge in [-0.3, -0.25) is 9.10 Å². The van der Waals surface area contributed by atoms with Crippen LogP contribution in [0.4, 0.5) is 5.69 Å². The molecular formula is C21H34N2O4S. The number of ether oxygens (including phenoxy) is 1. The first-order valence-corrected chi connectivity index (χ1v) is 12.3. The Morgan fingerprint density at radius 1 is 1.14 bits per heavy atom. The lowest BCUT2D eigenvalue weighted by Crippen LogP contribution is -2.36. The highest BCUT2D eigenvalue weighted by Crippen LogP contribution is 2.30. The van der Waals surface area contributed by atoms with Crippen molar-refractivity contribution in [1.82, 2.24) is 5.32 Å². The van der Waals surface area contributed by atoms with Crippen LogP contribution in [-0.2, 0) is 14.8 Å². The van der Waals surface area contributed by atoms with Crippen LogP contribution in [0, 0.1) is 0 Å². The first-order valence-electron chi connectivity index (χ1n) is 10.4. The number of amides is 1. The molecule has 0 heterocycles. The Kier molecular flexibility index (Phi) is 9.09. The molecule has 1 saturated carbocycles. The standard InChI is InChI=1S/C21H34N2O4S/c1-3-27-20-15-10-9-14-19(20)23(28(2,25)26)17-11-16-21(24)22-18-12-7-5-4-6-8-13-18/h9-10,14-15,18H,3-8,11-13,16-17H2,1-2H3,(H,22,24). The molecule has 0 radical (unpaired) electrons. The highest BCUT2D eigenvalue weighted by atomic mass is 32.2. The molecule has 1 fully saturated rings. The first-order chi connectivity index (χ1) is 13.4. The maximum Gasteiger partial charge on any atom is 0.232 e. The lowest BCUT2D eigenvalue weighted by Gasteiger charge is -2.25. The summed E-state index contributed by atoms with van der Waals surface area (Å²) in [5.74, 6) is 0.548. The van der Waals surface area contributed by atoms with E-state index < -0.39 is 10.0 Å². The van der Waals surface area contributed by atoms with Gasteiger partial charge in [0.15, 0.2) is 0 Å². The summed E-state index contributed by atoms with van der Waals surface area (Å²) in [6.45, 7) is 2.57. The van der Waals surface area contributed by atoms with Crippen molar-refractivity contribution in [3.63, 3.8) is 0 Å². The van der Waals surface area contributed by atoms with Crippen molar-refractivity contribution in [3.8, 4) is 5.75 Å². The number of benzene rings is 1. The van der Waals surface area contributed by atoms with Gasteiger partial charge in [0.05, 0.1) is 18.6 Å². The molecular weight excluding hydrogens is 376 g/mol. The minimum Gasteiger partial charge on any atom is -0.492 e. The fourth-order valence-electron chi connectivity index (χ4n) is 3.69. The highest BCUT2D eigenvalue weighted by molar-refractivity contribution is 7.92. The Morgan fingerprint density at radius 3 is 2.43 bits per heavy atom. The third kappa shape index (κ3) is 7.34. The van der Waals surface area contributed by atoms with Crippen LogP contribution in [0.3, 0.4) is 0 Å². The summed E-state index contributed by atoms with van der Waals surface area (Å²) in [5, 5.41) is 3.14. The first kappa shape index (κ1) is 22.5. The monoisotopic (exact) mass is 410 g/mol. The number of sulfonamides is 1. The molecule has 1 aliphatic carbocycles. The average Bonchev–Trinajstić information content (AvgIpc) is 2.61. The Hall–Kier alpha value is -1.76. The van der Waals surface area contributed by atoms with Crippen LogP contribution in [0.15, 0.2) is 24.3 Å². The van der Waals surface area contributed by atoms with E-state index >= 15 is 0 Å². The molecule has 1 aliphatic rings. The van der Waals surface area contributed by atoms with E-state index in [2.05, 4.69) is 5.32 Å². The molecule has 0 atom stereocenters. The topological polar surface area (TPSA) is 75.7 Å². The van der Waals surface area contributed by atoms with Crippen LogP contribution in [0.5, 0.6) is 5.75 Å². The molecule has 7 heteroatoms. The second-order valence-electron chi connectivity index (χ2n) is 7.45. The van der Waals surface area contributed by atoms with Crippen molar-refractivity contribution < 1.29 is 17.9 Å². The van der Waals surface area contributed by atoms with Crippen molar-refractivity contribution >= 4 is 21.6 Å². The van der Waals surface area contributed by atoms with E-state index in [1.165, 1.54) is 42.7 Å². The maximum absolute atomic E-state index is 12.3. The smallest absolute Gasteiger partial charge is 0.232 e. The van der Waals surface area contributed by atoms with Crippen molar-refractivity contribution in [1.29, 1.82) is 0 Å². The number of carbonyl (C=O) groups is 1. The molecule has 0 spiro atoms. The normalized spacial score (nSPS) is 16.1. The quantitative estimate of drug-likeness (QED) is 0.671. The molecule has 28 heavy (non-hydrogen) atoms. The van der Waals surface area contributed by atoms with Gasteiger partial charge in [0, 0.05) is 19.0 Å². The Balaban J connectivity index is 1.93. The van der Waals surface area contributed by atoms with Crippen LogP contribution < -0.4 is 14.4 Å². The van der Waals surface area contributed by atoms with Gasteiger partial charge in [0.25, 0.3) is 0 Å². The van der Waals surface area contributed by atoms with Crippen LogP contribution in [-0.4, -0.2) is 39.8 Å². The Morgan fingerprint density at radius 2 is 1.79 bits per heavy atom. The van der Waals surface area contributed by atoms with Gasteiger partial charge < -0.3 is 10.1 Å². The summed E-state index contributed by atoms with van der Waals surface area (Å²) in [5.41, 5.74) is 0.521. The van der Waals surface area contributed by atoms with Gasteiger partial charge in [-0.1, -0.05) is 44.2 Å². The van der Waals surface area contributed by atoms with Gasteiger partial charge in [-0.15, -0.1) is 0 Å². The van der Waals surface area contributed by atoms with E-state index in [1.807, 2.05) is 13.0 Å². The van der Waals surface area contributed by atoms with Gasteiger partial charge in [0.2, 0.25) is 15.9 Å². The molecule has 1 amide bonds. The molecule has 2 rings (SSSR count). The summed E-state index contributed by atoms with van der Waals surface area (Å²) >= 11 is 0. The van der Waals surface area contributed by atoms with Crippen molar-refractivity contribution in [2.45, 2.75) is 70.8 Å². The maximum atomic E-state index is 12.3. The van der Waals surface area contributed by atoms with Crippen LogP contribution in [0.2, 0.25) is 0 Å². The number of anilines is 1. The summed E-state index contributed by atoms with van der Waals surface area (Å²) < 4.78 is 31.6. The lowest BCUT2D eigenvalue weighted by molar-refractivity contribution is -0.122. The van der Waals surface area contributed by atoms with Crippen LogP contribution >= 0.6 is 0 Å². The largest absolute Gasteiger partial charge is 0.492 e. The number of nitrogens with zero attached hydrogens (tertiary/aromatic N) is 1. The van der Waals surface area contributed by atoms with Crippen molar-refractivity contribution in [2.24, 2.45) is 0 Å². The van der Waals surface area contributed by atoms with E-state index in [0.29, 0.717) is 30.9 Å². The molecule has 0 bridgehead atoms. The summed E-state index contributed by atoms with van der Waals surface area (Å²) in [6.07, 6.45) is 10.2. The zero-order valence-corrected chi connectivity index (χ0v) is 18.0. The van der Waals surface area contributed by atoms with Crippen LogP contribution in [0.25, 0.3) is 0 Å². The molecule has 0 aliphatic heterocycles. The van der Waals surface area contributed by atoms with E-state index in [0.717, 1.165) is 12.8 Å². The fraction of sp³-hybridized carbons (Fsp3) is 0.667. The molecule has 6 nitrogen and oxygen atoms in total. The Bertz CT molecular complexity index is 713. The minimum atomic E-state index is -3.47. The molecule has 1 N–H and O–H groups in total. The number of hydrogen-bond donors (Lipinski definition) is 1. The third-order valence-corrected chi connectivity index (χ3v) is 6.25. The SMILES string of the molecule is CCOc1ccccc1N(CCCC(=O)NC1CCCCCCC1)S(C)(=O)=O. The minimum absolute atomic E-state index is 0.0112. The van der Waals surface area contributed by atoms with Gasteiger partial charge in [0.1, 0.15) is 5.75 Å². The lowest BCUT2D eigenvalue weighted by atomic mass is 9.96. The molecule has 158 valence electrons. The number of nitrogens with one attached hydrogen (secondary N) is 1. The van der Waals surface area contributed by atoms with Gasteiger partial charge in [-0.25, -0.2) is 8.42 Å². The summed E-state index contributed by atoms with van der Waals surface area (Å²) in [7, 11) is -3.47. The fourth-order valence-corrected chi connectivity index (χ4v) is 4.66. The van der Waals surface area contributed by atoms with Crippen LogP contribution in [0.1, 0.15) is 64.7 Å². The number of para-hydroxylation sites is 2. The summed E-state index contributed by atoms with van der Waals surface area (Å²) in [6, 6.07) is 7.37. The predicted octanol–water partition coefficient (Wildman–Crippen LogP) is 3.86. The average molecular weight is 411 g/mol. The second kappa shape index (κ2) is 11.3. The molecule has 0 unspecified atom stereocenters. The van der Waals surface area contributed by atoms with E-state index in [4.69, 9.17) is 4.74 Å². The zero-order valence-electron chi connectivity index (χ0n) is 17.2. The van der Waals surface area contributed by atoms with Gasteiger partial charge in [-0.05, 0) is 38.3 Å². The van der Waals surface area contributed by atoms with E-state index in [9.17, 15) is 13.2 Å². The zero-order chi connectivity index (χ0) is 20.4. The number of carbonyl (C=O) groups excluding carboxylic acids is 1. The van der Waals surface area contributed by atoms with E-state index in [1.54, 1.807) is 18.2 Å². The molecule has 1 aromatic carbocycles. The third-order valence-electron chi connectivity index (χ3n) is 5.07. The second-order valence-corrected chi connectivity index (χ2v) is 9.36. The molecule has 0 saturated heterocycles. The van der Waals surface area contributed by atoms with Crippen molar-refractivity contribution in [2.75, 3.05) is 23.7 Å². The highest BCUT2D eigenvalue weighted by Gasteiger charge is 2.21. The van der Waals surface area contributed by atoms with Crippen molar-refractivity contribution in [3.05, 3.63) is 24.3 Å². The summed E-state index contributed by atoms with van der Waals surface area (Å²) in [4.78, 5) is 12.3. The molecule has 0 aromatic heterocycles. The number of hydrogen-bond acceptors (Lipinski definition) is 4. The predicted molar refractivity (Wildman–Crippen MR) is 113 cm³/mol. The van der Waals surface area contributed by atoms with Gasteiger partial charge >= 0.3 is 0 Å².